The van der Waals surface area contributed by atoms with Crippen LogP contribution in [0.3, 0.4) is 0 Å². The van der Waals surface area contributed by atoms with E-state index in [0.717, 1.165) is 12.8 Å². The number of aliphatic hydroxyl groups is 1. The standard InChI is InChI=1S/C13H21NO4S/c1-3-7-14-19(16,17)12-5-6-13(18-8-4-2)11(9-12)10-15/h5-6,9,14-15H,3-4,7-8,10H2,1-2H3. The summed E-state index contributed by atoms with van der Waals surface area (Å²) in [4.78, 5) is 0.147. The van der Waals surface area contributed by atoms with Crippen molar-refractivity contribution in [3.63, 3.8) is 0 Å². The number of nitrogens with one attached hydrogen (secondary N) is 1. The molecule has 1 aromatic rings. The lowest BCUT2D eigenvalue weighted by Gasteiger charge is -2.12. The minimum absolute atomic E-state index is 0.147. The summed E-state index contributed by atoms with van der Waals surface area (Å²) in [6, 6.07) is 4.52. The predicted molar refractivity (Wildman–Crippen MR) is 73.6 cm³/mol. The normalized spacial score (nSPS) is 11.5. The molecule has 0 saturated heterocycles. The molecule has 0 aliphatic rings. The molecule has 19 heavy (non-hydrogen) atoms. The average Bonchev–Trinajstić information content (AvgIpc) is 2.42. The number of ether oxygens (including phenoxy) is 1. The molecule has 0 spiro atoms. The van der Waals surface area contributed by atoms with Crippen LogP contribution in [-0.2, 0) is 16.6 Å². The molecule has 1 rings (SSSR count). The van der Waals surface area contributed by atoms with E-state index in [1.807, 2.05) is 13.8 Å². The number of hydrogen-bond acceptors (Lipinski definition) is 4. The van der Waals surface area contributed by atoms with E-state index in [1.54, 1.807) is 6.07 Å². The first-order valence-corrected chi connectivity index (χ1v) is 7.89. The van der Waals surface area contributed by atoms with E-state index in [2.05, 4.69) is 4.72 Å². The Morgan fingerprint density at radius 2 is 2.00 bits per heavy atom. The summed E-state index contributed by atoms with van der Waals surface area (Å²) in [5.74, 6) is 0.527. The van der Waals surface area contributed by atoms with Gasteiger partial charge in [-0.3, -0.25) is 0 Å². The lowest BCUT2D eigenvalue weighted by Crippen LogP contribution is -2.24. The van der Waals surface area contributed by atoms with E-state index < -0.39 is 10.0 Å². The average molecular weight is 287 g/mol. The van der Waals surface area contributed by atoms with Crippen LogP contribution in [0.2, 0.25) is 0 Å². The SMILES string of the molecule is CCCNS(=O)(=O)c1ccc(OCCC)c(CO)c1. The Hall–Kier alpha value is -1.11. The molecule has 0 saturated carbocycles. The minimum Gasteiger partial charge on any atom is -0.493 e. The van der Waals surface area contributed by atoms with Gasteiger partial charge in [-0.2, -0.15) is 0 Å². The van der Waals surface area contributed by atoms with Crippen LogP contribution in [0, 0.1) is 0 Å². The van der Waals surface area contributed by atoms with Gasteiger partial charge in [0.05, 0.1) is 18.1 Å². The maximum Gasteiger partial charge on any atom is 0.240 e. The van der Waals surface area contributed by atoms with Gasteiger partial charge in [-0.1, -0.05) is 13.8 Å². The van der Waals surface area contributed by atoms with Crippen molar-refractivity contribution < 1.29 is 18.3 Å². The Labute approximate surface area is 114 Å². The molecule has 5 nitrogen and oxygen atoms in total. The Balaban J connectivity index is 2.99. The fourth-order valence-corrected chi connectivity index (χ4v) is 2.70. The Bertz CT molecular complexity index is 499. The second-order valence-electron chi connectivity index (χ2n) is 4.17. The zero-order valence-electron chi connectivity index (χ0n) is 11.3. The topological polar surface area (TPSA) is 75.6 Å². The Morgan fingerprint density at radius 3 is 2.58 bits per heavy atom. The number of aliphatic hydroxyl groups excluding tert-OH is 1. The summed E-state index contributed by atoms with van der Waals surface area (Å²) in [5, 5.41) is 9.29. The van der Waals surface area contributed by atoms with E-state index in [0.29, 0.717) is 24.5 Å². The van der Waals surface area contributed by atoms with Gasteiger partial charge in [0.25, 0.3) is 0 Å². The van der Waals surface area contributed by atoms with Crippen LogP contribution >= 0.6 is 0 Å². The number of hydrogen-bond donors (Lipinski definition) is 2. The summed E-state index contributed by atoms with van der Waals surface area (Å²) >= 11 is 0. The number of rotatable bonds is 8. The van der Waals surface area contributed by atoms with Gasteiger partial charge in [0, 0.05) is 12.1 Å². The quantitative estimate of drug-likeness (QED) is 0.762. The first-order valence-electron chi connectivity index (χ1n) is 6.41. The van der Waals surface area contributed by atoms with Gasteiger partial charge in [-0.05, 0) is 31.0 Å². The van der Waals surface area contributed by atoms with Crippen molar-refractivity contribution in [2.75, 3.05) is 13.2 Å². The molecule has 0 radical (unpaired) electrons. The van der Waals surface area contributed by atoms with Crippen molar-refractivity contribution in [3.05, 3.63) is 23.8 Å². The van der Waals surface area contributed by atoms with Gasteiger partial charge >= 0.3 is 0 Å². The van der Waals surface area contributed by atoms with Crippen molar-refractivity contribution in [1.29, 1.82) is 0 Å². The Morgan fingerprint density at radius 1 is 1.26 bits per heavy atom. The summed E-state index contributed by atoms with van der Waals surface area (Å²) in [5.41, 5.74) is 0.479. The van der Waals surface area contributed by atoms with Crippen LogP contribution in [0.4, 0.5) is 0 Å². The molecule has 0 aliphatic heterocycles. The van der Waals surface area contributed by atoms with Crippen molar-refractivity contribution in [2.45, 2.75) is 38.2 Å². The van der Waals surface area contributed by atoms with Gasteiger partial charge in [-0.25, -0.2) is 13.1 Å². The highest BCUT2D eigenvalue weighted by Gasteiger charge is 2.15. The number of benzene rings is 1. The molecule has 108 valence electrons. The Kier molecular flexibility index (Phi) is 6.27. The third kappa shape index (κ3) is 4.49. The molecular formula is C13H21NO4S. The maximum absolute atomic E-state index is 12.0. The second kappa shape index (κ2) is 7.47. The molecule has 0 aromatic heterocycles. The molecule has 0 bridgehead atoms. The highest BCUT2D eigenvalue weighted by molar-refractivity contribution is 7.89. The molecule has 0 atom stereocenters. The van der Waals surface area contributed by atoms with E-state index in [9.17, 15) is 13.5 Å². The molecule has 0 aliphatic carbocycles. The summed E-state index contributed by atoms with van der Waals surface area (Å²) < 4.78 is 31.8. The van der Waals surface area contributed by atoms with Crippen LogP contribution in [0.5, 0.6) is 5.75 Å². The first-order chi connectivity index (χ1) is 9.05. The van der Waals surface area contributed by atoms with Crippen LogP contribution < -0.4 is 9.46 Å². The molecule has 2 N–H and O–H groups in total. The third-order valence-corrected chi connectivity index (χ3v) is 3.98. The van der Waals surface area contributed by atoms with Gasteiger partial charge in [0.2, 0.25) is 10.0 Å². The van der Waals surface area contributed by atoms with Crippen molar-refractivity contribution in [2.24, 2.45) is 0 Å². The number of sulfonamides is 1. The van der Waals surface area contributed by atoms with Crippen LogP contribution in [0.25, 0.3) is 0 Å². The largest absolute Gasteiger partial charge is 0.493 e. The first kappa shape index (κ1) is 15.9. The van der Waals surface area contributed by atoms with E-state index >= 15 is 0 Å². The summed E-state index contributed by atoms with van der Waals surface area (Å²) in [6.45, 7) is 4.55. The highest BCUT2D eigenvalue weighted by Crippen LogP contribution is 2.23. The molecule has 0 unspecified atom stereocenters. The molecule has 0 amide bonds. The highest BCUT2D eigenvalue weighted by atomic mass is 32.2. The van der Waals surface area contributed by atoms with Gasteiger partial charge in [0.15, 0.2) is 0 Å². The molecule has 0 fully saturated rings. The lowest BCUT2D eigenvalue weighted by molar-refractivity contribution is 0.262. The van der Waals surface area contributed by atoms with Crippen molar-refractivity contribution >= 4 is 10.0 Å². The fourth-order valence-electron chi connectivity index (χ4n) is 1.52. The van der Waals surface area contributed by atoms with Crippen LogP contribution in [-0.4, -0.2) is 26.7 Å². The zero-order valence-corrected chi connectivity index (χ0v) is 12.2. The van der Waals surface area contributed by atoms with E-state index in [4.69, 9.17) is 4.74 Å². The lowest BCUT2D eigenvalue weighted by atomic mass is 10.2. The zero-order chi connectivity index (χ0) is 14.3. The van der Waals surface area contributed by atoms with Crippen LogP contribution in [0.15, 0.2) is 23.1 Å². The maximum atomic E-state index is 12.0. The van der Waals surface area contributed by atoms with Crippen molar-refractivity contribution in [1.82, 2.24) is 4.72 Å². The van der Waals surface area contributed by atoms with Gasteiger partial charge in [0.1, 0.15) is 5.75 Å². The van der Waals surface area contributed by atoms with E-state index in [-0.39, 0.29) is 11.5 Å². The molecule has 6 heteroatoms. The van der Waals surface area contributed by atoms with Crippen molar-refractivity contribution in [3.8, 4) is 5.75 Å². The predicted octanol–water partition coefficient (Wildman–Crippen LogP) is 1.66. The molecule has 0 heterocycles. The molecular weight excluding hydrogens is 266 g/mol. The fraction of sp³-hybridized carbons (Fsp3) is 0.538. The smallest absolute Gasteiger partial charge is 0.240 e. The minimum atomic E-state index is -3.51. The van der Waals surface area contributed by atoms with Crippen LogP contribution in [0.1, 0.15) is 32.3 Å². The third-order valence-electron chi connectivity index (χ3n) is 2.52. The molecule has 1 aromatic carbocycles. The second-order valence-corrected chi connectivity index (χ2v) is 5.94. The van der Waals surface area contributed by atoms with E-state index in [1.165, 1.54) is 12.1 Å². The van der Waals surface area contributed by atoms with Gasteiger partial charge < -0.3 is 9.84 Å². The monoisotopic (exact) mass is 287 g/mol. The van der Waals surface area contributed by atoms with Gasteiger partial charge in [-0.15, -0.1) is 0 Å². The summed E-state index contributed by atoms with van der Waals surface area (Å²) in [7, 11) is -3.51. The summed E-state index contributed by atoms with van der Waals surface area (Å²) in [6.07, 6.45) is 1.58.